The van der Waals surface area contributed by atoms with Crippen molar-refractivity contribution < 1.29 is 4.79 Å². The van der Waals surface area contributed by atoms with E-state index < -0.39 is 0 Å². The maximum absolute atomic E-state index is 12.0. The summed E-state index contributed by atoms with van der Waals surface area (Å²) in [4.78, 5) is 13.8. The Morgan fingerprint density at radius 1 is 1.37 bits per heavy atom. The number of nitrogens with two attached hydrogens (primary N) is 1. The molecule has 1 amide bonds. The maximum atomic E-state index is 12.0. The predicted molar refractivity (Wildman–Crippen MR) is 73.5 cm³/mol. The molecule has 1 aromatic carbocycles. The lowest BCUT2D eigenvalue weighted by Gasteiger charge is -2.16. The fourth-order valence-corrected chi connectivity index (χ4v) is 2.47. The number of amides is 1. The highest BCUT2D eigenvalue weighted by atomic mass is 16.2. The van der Waals surface area contributed by atoms with Crippen molar-refractivity contribution in [2.75, 3.05) is 18.0 Å². The minimum atomic E-state index is 0.108. The van der Waals surface area contributed by atoms with E-state index in [1.54, 1.807) is 11.1 Å². The largest absolute Gasteiger partial charge is 0.330 e. The monoisotopic (exact) mass is 256 g/mol. The molecular weight excluding hydrogens is 240 g/mol. The molecule has 5 heteroatoms. The van der Waals surface area contributed by atoms with E-state index in [9.17, 15) is 4.79 Å². The van der Waals surface area contributed by atoms with Crippen LogP contribution in [0.2, 0.25) is 0 Å². The summed E-state index contributed by atoms with van der Waals surface area (Å²) in [5.41, 5.74) is 7.66. The van der Waals surface area contributed by atoms with Gasteiger partial charge in [0.2, 0.25) is 5.91 Å². The molecule has 1 unspecified atom stereocenters. The average molecular weight is 256 g/mol. The Morgan fingerprint density at radius 2 is 2.16 bits per heavy atom. The zero-order valence-corrected chi connectivity index (χ0v) is 10.5. The van der Waals surface area contributed by atoms with Gasteiger partial charge in [0.15, 0.2) is 0 Å². The highest BCUT2D eigenvalue weighted by molar-refractivity contribution is 5.98. The third-order valence-electron chi connectivity index (χ3n) is 3.51. The number of rotatable bonds is 3. The summed E-state index contributed by atoms with van der Waals surface area (Å²) in [5, 5.41) is 7.01. The number of H-pyrrole nitrogens is 1. The zero-order valence-electron chi connectivity index (χ0n) is 10.5. The van der Waals surface area contributed by atoms with Gasteiger partial charge in [-0.2, -0.15) is 5.10 Å². The summed E-state index contributed by atoms with van der Waals surface area (Å²) >= 11 is 0. The number of anilines is 1. The van der Waals surface area contributed by atoms with E-state index in [0.29, 0.717) is 19.5 Å². The Hall–Kier alpha value is -2.14. The molecule has 2 aromatic rings. The highest BCUT2D eigenvalue weighted by Crippen LogP contribution is 2.32. The second-order valence-corrected chi connectivity index (χ2v) is 4.81. The molecule has 1 atom stereocenters. The maximum Gasteiger partial charge on any atom is 0.228 e. The number of hydrogen-bond acceptors (Lipinski definition) is 3. The third-order valence-corrected chi connectivity index (χ3v) is 3.51. The van der Waals surface area contributed by atoms with Crippen LogP contribution in [0.5, 0.6) is 0 Å². The smallest absolute Gasteiger partial charge is 0.228 e. The first kappa shape index (κ1) is 11.9. The molecule has 1 aliphatic heterocycles. The molecule has 0 radical (unpaired) electrons. The Bertz CT molecular complexity index is 578. The first-order valence-corrected chi connectivity index (χ1v) is 6.39. The Balaban J connectivity index is 1.95. The average Bonchev–Trinajstić information content (AvgIpc) is 3.05. The lowest BCUT2D eigenvalue weighted by Crippen LogP contribution is -2.26. The Morgan fingerprint density at radius 3 is 2.84 bits per heavy atom. The van der Waals surface area contributed by atoms with Crippen molar-refractivity contribution in [1.82, 2.24) is 10.2 Å². The predicted octanol–water partition coefficient (Wildman–Crippen LogP) is 1.39. The number of hydrogen-bond donors (Lipinski definition) is 2. The first-order valence-electron chi connectivity index (χ1n) is 6.39. The molecule has 1 aromatic heterocycles. The van der Waals surface area contributed by atoms with Gasteiger partial charge in [0.25, 0.3) is 0 Å². The van der Waals surface area contributed by atoms with Crippen LogP contribution in [0.4, 0.5) is 5.82 Å². The topological polar surface area (TPSA) is 75.0 Å². The first-order chi connectivity index (χ1) is 9.29. The molecule has 5 nitrogen and oxygen atoms in total. The standard InChI is InChI=1S/C14H16N4O/c15-7-10-6-13(19)18(9-10)14-12(8-16-17-14)11-4-2-1-3-5-11/h1-5,8,10H,6-7,9,15H2,(H,16,17). The van der Waals surface area contributed by atoms with Crippen LogP contribution in [0, 0.1) is 5.92 Å². The van der Waals surface area contributed by atoms with Gasteiger partial charge in [-0.25, -0.2) is 0 Å². The van der Waals surface area contributed by atoms with E-state index in [0.717, 1.165) is 16.9 Å². The van der Waals surface area contributed by atoms with E-state index >= 15 is 0 Å². The van der Waals surface area contributed by atoms with Gasteiger partial charge in [-0.3, -0.25) is 14.8 Å². The van der Waals surface area contributed by atoms with E-state index in [-0.39, 0.29) is 11.8 Å². The number of nitrogens with zero attached hydrogens (tertiary/aromatic N) is 2. The summed E-state index contributed by atoms with van der Waals surface area (Å²) in [5.74, 6) is 1.11. The number of aromatic amines is 1. The van der Waals surface area contributed by atoms with Crippen molar-refractivity contribution in [3.8, 4) is 11.1 Å². The molecule has 2 heterocycles. The minimum absolute atomic E-state index is 0.108. The molecule has 3 rings (SSSR count). The van der Waals surface area contributed by atoms with Gasteiger partial charge >= 0.3 is 0 Å². The SMILES string of the molecule is NCC1CC(=O)N(c2[nH]ncc2-c2ccccc2)C1. The van der Waals surface area contributed by atoms with Gasteiger partial charge in [-0.05, 0) is 18.0 Å². The van der Waals surface area contributed by atoms with Crippen LogP contribution in [0.25, 0.3) is 11.1 Å². The van der Waals surface area contributed by atoms with E-state index in [4.69, 9.17) is 5.73 Å². The second-order valence-electron chi connectivity index (χ2n) is 4.81. The summed E-state index contributed by atoms with van der Waals surface area (Å²) < 4.78 is 0. The van der Waals surface area contributed by atoms with Crippen molar-refractivity contribution in [2.24, 2.45) is 11.7 Å². The molecule has 0 saturated carbocycles. The van der Waals surface area contributed by atoms with Crippen molar-refractivity contribution in [2.45, 2.75) is 6.42 Å². The van der Waals surface area contributed by atoms with Gasteiger partial charge in [-0.1, -0.05) is 30.3 Å². The quantitative estimate of drug-likeness (QED) is 0.871. The number of carbonyl (C=O) groups excluding carboxylic acids is 1. The van der Waals surface area contributed by atoms with Crippen molar-refractivity contribution in [3.63, 3.8) is 0 Å². The molecule has 1 saturated heterocycles. The second kappa shape index (κ2) is 4.85. The van der Waals surface area contributed by atoms with Crippen molar-refractivity contribution in [1.29, 1.82) is 0 Å². The van der Waals surface area contributed by atoms with E-state index in [2.05, 4.69) is 10.2 Å². The summed E-state index contributed by atoms with van der Waals surface area (Å²) in [6.45, 7) is 1.20. The molecule has 0 bridgehead atoms. The molecule has 1 fully saturated rings. The number of carbonyl (C=O) groups is 1. The van der Waals surface area contributed by atoms with Gasteiger partial charge in [0, 0.05) is 18.5 Å². The van der Waals surface area contributed by atoms with Crippen LogP contribution in [-0.2, 0) is 4.79 Å². The Labute approximate surface area is 111 Å². The fraction of sp³-hybridized carbons (Fsp3) is 0.286. The van der Waals surface area contributed by atoms with Gasteiger partial charge in [0.1, 0.15) is 5.82 Å². The summed E-state index contributed by atoms with van der Waals surface area (Å²) in [6.07, 6.45) is 2.28. The van der Waals surface area contributed by atoms with Crippen LogP contribution in [0.1, 0.15) is 6.42 Å². The molecule has 0 aliphatic carbocycles. The molecule has 98 valence electrons. The molecule has 3 N–H and O–H groups in total. The van der Waals surface area contributed by atoms with Crippen LogP contribution in [0.3, 0.4) is 0 Å². The lowest BCUT2D eigenvalue weighted by molar-refractivity contribution is -0.117. The third kappa shape index (κ3) is 2.13. The summed E-state index contributed by atoms with van der Waals surface area (Å²) in [7, 11) is 0. The van der Waals surface area contributed by atoms with Crippen LogP contribution in [0.15, 0.2) is 36.5 Å². The summed E-state index contributed by atoms with van der Waals surface area (Å²) in [6, 6.07) is 9.93. The number of nitrogens with one attached hydrogen (secondary N) is 1. The van der Waals surface area contributed by atoms with Gasteiger partial charge < -0.3 is 5.73 Å². The van der Waals surface area contributed by atoms with Gasteiger partial charge in [0.05, 0.1) is 6.20 Å². The van der Waals surface area contributed by atoms with Crippen molar-refractivity contribution >= 4 is 11.7 Å². The molecular formula is C14H16N4O. The normalized spacial score (nSPS) is 19.1. The van der Waals surface area contributed by atoms with Crippen LogP contribution >= 0.6 is 0 Å². The van der Waals surface area contributed by atoms with E-state index in [1.807, 2.05) is 30.3 Å². The minimum Gasteiger partial charge on any atom is -0.330 e. The number of benzene rings is 1. The lowest BCUT2D eigenvalue weighted by atomic mass is 10.1. The van der Waals surface area contributed by atoms with Crippen LogP contribution in [-0.4, -0.2) is 29.2 Å². The highest BCUT2D eigenvalue weighted by Gasteiger charge is 2.32. The fourth-order valence-electron chi connectivity index (χ4n) is 2.47. The molecule has 1 aliphatic rings. The number of aromatic nitrogens is 2. The van der Waals surface area contributed by atoms with Gasteiger partial charge in [-0.15, -0.1) is 0 Å². The molecule has 19 heavy (non-hydrogen) atoms. The van der Waals surface area contributed by atoms with E-state index in [1.165, 1.54) is 0 Å². The van der Waals surface area contributed by atoms with Crippen LogP contribution < -0.4 is 10.6 Å². The molecule has 0 spiro atoms. The van der Waals surface area contributed by atoms with Crippen molar-refractivity contribution in [3.05, 3.63) is 36.5 Å². The Kier molecular flexibility index (Phi) is 3.05. The zero-order chi connectivity index (χ0) is 13.2.